The van der Waals surface area contributed by atoms with Gasteiger partial charge < -0.3 is 24.7 Å². The van der Waals surface area contributed by atoms with E-state index >= 15 is 0 Å². The second-order valence-electron chi connectivity index (χ2n) is 10.0. The number of fused-ring (bicyclic) bond motifs is 1. The van der Waals surface area contributed by atoms with Gasteiger partial charge in [-0.3, -0.25) is 0 Å². The number of carboxylic acid groups (broad SMARTS) is 1. The van der Waals surface area contributed by atoms with Gasteiger partial charge in [0.25, 0.3) is 0 Å². The topological polar surface area (TPSA) is 86.1 Å². The van der Waals surface area contributed by atoms with Crippen molar-refractivity contribution in [2.45, 2.75) is 52.2 Å². The molecule has 0 bridgehead atoms. The molecule has 7 nitrogen and oxygen atoms in total. The Morgan fingerprint density at radius 1 is 1.05 bits per heavy atom. The number of aliphatic hydroxyl groups excluding tert-OH is 1. The molecule has 196 valence electrons. The van der Waals surface area contributed by atoms with Crippen LogP contribution < -0.4 is 4.74 Å². The lowest BCUT2D eigenvalue weighted by Gasteiger charge is -2.29. The molecule has 0 radical (unpaired) electrons. The third-order valence-electron chi connectivity index (χ3n) is 7.57. The number of carbonyl (C=O) groups is 1. The maximum atomic E-state index is 11.4. The Labute approximate surface area is 222 Å². The molecule has 0 atom stereocenters. The Bertz CT molecular complexity index is 1270. The van der Waals surface area contributed by atoms with Crippen molar-refractivity contribution in [3.63, 3.8) is 0 Å². The molecule has 0 aliphatic carbocycles. The van der Waals surface area contributed by atoms with Gasteiger partial charge in [-0.25, -0.2) is 9.78 Å². The number of aliphatic hydroxyl groups is 1. The summed E-state index contributed by atoms with van der Waals surface area (Å²) in [5.41, 5.74) is 6.57. The molecule has 2 aliphatic heterocycles. The third kappa shape index (κ3) is 5.66. The summed E-state index contributed by atoms with van der Waals surface area (Å²) in [6.45, 7) is 8.72. The van der Waals surface area contributed by atoms with E-state index in [4.69, 9.17) is 9.72 Å². The average Bonchev–Trinajstić information content (AvgIpc) is 3.32. The molecular formula is C29H35N3O4S. The highest BCUT2D eigenvalue weighted by Crippen LogP contribution is 2.38. The van der Waals surface area contributed by atoms with Gasteiger partial charge in [-0.2, -0.15) is 0 Å². The highest BCUT2D eigenvalue weighted by molar-refractivity contribution is 7.15. The van der Waals surface area contributed by atoms with Crippen molar-refractivity contribution < 1.29 is 19.7 Å². The van der Waals surface area contributed by atoms with E-state index in [1.54, 1.807) is 11.3 Å². The molecule has 3 heterocycles. The predicted molar refractivity (Wildman–Crippen MR) is 146 cm³/mol. The SMILES string of the molecule is Cc1c(OCCCN2CCC(O)CC2)cccc1-c1cccc(-c2nc3c(s2)CCN(C(=O)O)C3)c1C. The second-order valence-corrected chi connectivity index (χ2v) is 11.1. The van der Waals surface area contributed by atoms with Crippen LogP contribution in [0.3, 0.4) is 0 Å². The van der Waals surface area contributed by atoms with Crippen LogP contribution in [0.4, 0.5) is 4.79 Å². The molecule has 1 fully saturated rings. The van der Waals surface area contributed by atoms with Crippen molar-refractivity contribution in [3.05, 3.63) is 58.1 Å². The number of nitrogens with zero attached hydrogens (tertiary/aromatic N) is 3. The highest BCUT2D eigenvalue weighted by atomic mass is 32.1. The van der Waals surface area contributed by atoms with Gasteiger partial charge in [-0.15, -0.1) is 11.3 Å². The maximum absolute atomic E-state index is 11.4. The first kappa shape index (κ1) is 25.7. The highest BCUT2D eigenvalue weighted by Gasteiger charge is 2.25. The number of benzene rings is 2. The normalized spacial score (nSPS) is 16.6. The molecule has 0 saturated carbocycles. The third-order valence-corrected chi connectivity index (χ3v) is 8.76. The molecule has 1 amide bonds. The summed E-state index contributed by atoms with van der Waals surface area (Å²) in [4.78, 5) is 21.3. The van der Waals surface area contributed by atoms with Crippen molar-refractivity contribution in [1.29, 1.82) is 0 Å². The molecule has 8 heteroatoms. The zero-order valence-corrected chi connectivity index (χ0v) is 22.4. The lowest BCUT2D eigenvalue weighted by atomic mass is 9.93. The number of aromatic nitrogens is 1. The maximum Gasteiger partial charge on any atom is 0.407 e. The second kappa shape index (κ2) is 11.2. The van der Waals surface area contributed by atoms with Gasteiger partial charge in [0.2, 0.25) is 0 Å². The summed E-state index contributed by atoms with van der Waals surface area (Å²) in [6, 6.07) is 12.6. The molecule has 2 aromatic carbocycles. The first-order chi connectivity index (χ1) is 17.9. The fraction of sp³-hybridized carbons (Fsp3) is 0.448. The van der Waals surface area contributed by atoms with Crippen LogP contribution in [0.2, 0.25) is 0 Å². The van der Waals surface area contributed by atoms with Crippen molar-refractivity contribution in [2.24, 2.45) is 0 Å². The minimum Gasteiger partial charge on any atom is -0.493 e. The van der Waals surface area contributed by atoms with E-state index in [0.29, 0.717) is 19.7 Å². The molecule has 0 unspecified atom stereocenters. The molecular weight excluding hydrogens is 486 g/mol. The Morgan fingerprint density at radius 3 is 2.51 bits per heavy atom. The molecule has 37 heavy (non-hydrogen) atoms. The number of hydrogen-bond acceptors (Lipinski definition) is 6. The number of hydrogen-bond donors (Lipinski definition) is 2. The van der Waals surface area contributed by atoms with Crippen LogP contribution >= 0.6 is 11.3 Å². The van der Waals surface area contributed by atoms with E-state index in [9.17, 15) is 15.0 Å². The monoisotopic (exact) mass is 521 g/mol. The molecule has 3 aromatic rings. The van der Waals surface area contributed by atoms with Gasteiger partial charge in [0.15, 0.2) is 0 Å². The van der Waals surface area contributed by atoms with Crippen molar-refractivity contribution in [2.75, 3.05) is 32.8 Å². The van der Waals surface area contributed by atoms with Crippen molar-refractivity contribution in [1.82, 2.24) is 14.8 Å². The Balaban J connectivity index is 1.30. The van der Waals surface area contributed by atoms with Gasteiger partial charge in [0.05, 0.1) is 24.9 Å². The average molecular weight is 522 g/mol. The smallest absolute Gasteiger partial charge is 0.407 e. The number of amides is 1. The fourth-order valence-electron chi connectivity index (χ4n) is 5.31. The minimum atomic E-state index is -0.887. The van der Waals surface area contributed by atoms with E-state index in [1.165, 1.54) is 9.78 Å². The van der Waals surface area contributed by atoms with Crippen molar-refractivity contribution >= 4 is 17.4 Å². The quantitative estimate of drug-likeness (QED) is 0.408. The predicted octanol–water partition coefficient (Wildman–Crippen LogP) is 5.36. The Kier molecular flexibility index (Phi) is 7.79. The van der Waals surface area contributed by atoms with E-state index in [1.807, 2.05) is 6.07 Å². The van der Waals surface area contributed by atoms with Gasteiger partial charge in [-0.05, 0) is 61.4 Å². The van der Waals surface area contributed by atoms with E-state index < -0.39 is 6.09 Å². The van der Waals surface area contributed by atoms with E-state index in [-0.39, 0.29) is 6.10 Å². The molecule has 2 aliphatic rings. The number of thiazole rings is 1. The lowest BCUT2D eigenvalue weighted by molar-refractivity contribution is 0.0800. The van der Waals surface area contributed by atoms with Crippen LogP contribution in [-0.2, 0) is 13.0 Å². The first-order valence-corrected chi connectivity index (χ1v) is 13.9. The van der Waals surface area contributed by atoms with E-state index in [0.717, 1.165) is 89.6 Å². The zero-order chi connectivity index (χ0) is 25.9. The van der Waals surface area contributed by atoms with E-state index in [2.05, 4.69) is 49.1 Å². The molecule has 5 rings (SSSR count). The summed E-state index contributed by atoms with van der Waals surface area (Å²) >= 11 is 1.68. The van der Waals surface area contributed by atoms with Gasteiger partial charge in [0.1, 0.15) is 10.8 Å². The summed E-state index contributed by atoms with van der Waals surface area (Å²) in [6.07, 6.45) is 2.39. The molecule has 2 N–H and O–H groups in total. The van der Waals surface area contributed by atoms with Crippen LogP contribution in [0, 0.1) is 13.8 Å². The summed E-state index contributed by atoms with van der Waals surface area (Å²) in [5.74, 6) is 0.912. The van der Waals surface area contributed by atoms with Gasteiger partial charge >= 0.3 is 6.09 Å². The van der Waals surface area contributed by atoms with Gasteiger partial charge in [0, 0.05) is 43.0 Å². The summed E-state index contributed by atoms with van der Waals surface area (Å²) in [5, 5.41) is 20.0. The number of piperidine rings is 1. The molecule has 0 spiro atoms. The van der Waals surface area contributed by atoms with Crippen LogP contribution in [0.25, 0.3) is 21.7 Å². The fourth-order valence-corrected chi connectivity index (χ4v) is 6.45. The van der Waals surface area contributed by atoms with Crippen LogP contribution in [0.5, 0.6) is 5.75 Å². The molecule has 1 aromatic heterocycles. The van der Waals surface area contributed by atoms with Crippen molar-refractivity contribution in [3.8, 4) is 27.4 Å². The number of rotatable bonds is 7. The Hall–Kier alpha value is -2.94. The molecule has 1 saturated heterocycles. The Morgan fingerprint density at radius 2 is 1.76 bits per heavy atom. The minimum absolute atomic E-state index is 0.136. The van der Waals surface area contributed by atoms with Crippen LogP contribution in [0.1, 0.15) is 41.0 Å². The zero-order valence-electron chi connectivity index (χ0n) is 21.6. The van der Waals surface area contributed by atoms with Crippen LogP contribution in [0.15, 0.2) is 36.4 Å². The number of likely N-dealkylation sites (tertiary alicyclic amines) is 1. The standard InChI is InChI=1S/C29H35N3O4S/c1-19-22(6-3-8-24(19)28-30-25-18-32(29(34)35)16-12-27(25)37-28)23-7-4-9-26(20(23)2)36-17-5-13-31-14-10-21(33)11-15-31/h3-4,6-9,21,33H,5,10-18H2,1-2H3,(H,34,35). The lowest BCUT2D eigenvalue weighted by Crippen LogP contribution is -2.36. The summed E-state index contributed by atoms with van der Waals surface area (Å²) in [7, 11) is 0. The van der Waals surface area contributed by atoms with Gasteiger partial charge in [-0.1, -0.05) is 30.3 Å². The number of ether oxygens (including phenoxy) is 1. The van der Waals surface area contributed by atoms with Crippen LogP contribution in [-0.4, -0.2) is 70.0 Å². The first-order valence-electron chi connectivity index (χ1n) is 13.1. The largest absolute Gasteiger partial charge is 0.493 e. The summed E-state index contributed by atoms with van der Waals surface area (Å²) < 4.78 is 6.21.